The monoisotopic (exact) mass is 348 g/mol. The number of ether oxygens (including phenoxy) is 1. The van der Waals surface area contributed by atoms with Crippen molar-refractivity contribution < 1.29 is 13.2 Å². The summed E-state index contributed by atoms with van der Waals surface area (Å²) in [6.07, 6.45) is 1.34. The number of benzene rings is 1. The van der Waals surface area contributed by atoms with Gasteiger partial charge in [0.1, 0.15) is 0 Å². The Hall–Kier alpha value is -0.630. The van der Waals surface area contributed by atoms with Crippen molar-refractivity contribution in [1.29, 1.82) is 0 Å². The fraction of sp³-hybridized carbons (Fsp3) is 0.500. The van der Waals surface area contributed by atoms with E-state index < -0.39 is 15.6 Å². The van der Waals surface area contributed by atoms with Gasteiger partial charge in [0.2, 0.25) is 10.0 Å². The summed E-state index contributed by atoms with van der Waals surface area (Å²) in [5.41, 5.74) is 5.72. The third-order valence-electron chi connectivity index (χ3n) is 3.26. The molecule has 2 rings (SSSR count). The van der Waals surface area contributed by atoms with Gasteiger partial charge in [-0.15, -0.1) is 0 Å². The molecule has 106 valence electrons. The molecule has 3 N–H and O–H groups in total. The SMILES string of the molecule is CC1(NS(=O)(=O)c2ccc(N)c(Br)c2)CCOCC1. The molecule has 1 aliphatic heterocycles. The second kappa shape index (κ2) is 5.40. The molecule has 5 nitrogen and oxygen atoms in total. The van der Waals surface area contributed by atoms with Gasteiger partial charge < -0.3 is 10.5 Å². The molecule has 1 aromatic rings. The van der Waals surface area contributed by atoms with Gasteiger partial charge in [0, 0.05) is 28.9 Å². The number of rotatable bonds is 3. The smallest absolute Gasteiger partial charge is 0.241 e. The predicted molar refractivity (Wildman–Crippen MR) is 77.3 cm³/mol. The maximum atomic E-state index is 12.4. The van der Waals surface area contributed by atoms with Gasteiger partial charge in [-0.3, -0.25) is 0 Å². The molecule has 1 saturated heterocycles. The van der Waals surface area contributed by atoms with E-state index in [4.69, 9.17) is 10.5 Å². The molecule has 0 unspecified atom stereocenters. The number of sulfonamides is 1. The molecule has 1 aliphatic rings. The van der Waals surface area contributed by atoms with E-state index in [1.165, 1.54) is 12.1 Å². The molecule has 0 spiro atoms. The van der Waals surface area contributed by atoms with Crippen molar-refractivity contribution in [3.63, 3.8) is 0 Å². The van der Waals surface area contributed by atoms with Crippen LogP contribution in [0.1, 0.15) is 19.8 Å². The van der Waals surface area contributed by atoms with Crippen LogP contribution in [0.4, 0.5) is 5.69 Å². The zero-order chi connectivity index (χ0) is 14.1. The number of halogens is 1. The molecule has 0 aromatic heterocycles. The normalized spacial score (nSPS) is 19.3. The molecule has 0 amide bonds. The Morgan fingerprint density at radius 1 is 1.37 bits per heavy atom. The summed E-state index contributed by atoms with van der Waals surface area (Å²) in [6, 6.07) is 4.59. The van der Waals surface area contributed by atoms with E-state index in [0.29, 0.717) is 36.2 Å². The van der Waals surface area contributed by atoms with Crippen LogP contribution in [0.5, 0.6) is 0 Å². The summed E-state index contributed by atoms with van der Waals surface area (Å²) in [5.74, 6) is 0. The van der Waals surface area contributed by atoms with E-state index >= 15 is 0 Å². The first-order valence-corrected chi connectivity index (χ1v) is 8.27. The molecule has 0 saturated carbocycles. The fourth-order valence-electron chi connectivity index (χ4n) is 1.98. The lowest BCUT2D eigenvalue weighted by Gasteiger charge is -2.34. The van der Waals surface area contributed by atoms with E-state index in [2.05, 4.69) is 20.7 Å². The van der Waals surface area contributed by atoms with Gasteiger partial charge in [-0.1, -0.05) is 0 Å². The maximum absolute atomic E-state index is 12.4. The van der Waals surface area contributed by atoms with Crippen LogP contribution in [0.2, 0.25) is 0 Å². The second-order valence-corrected chi connectivity index (χ2v) is 7.50. The molecule has 0 radical (unpaired) electrons. The summed E-state index contributed by atoms with van der Waals surface area (Å²) < 4.78 is 33.3. The third-order valence-corrected chi connectivity index (χ3v) is 5.58. The quantitative estimate of drug-likeness (QED) is 0.817. The zero-order valence-electron chi connectivity index (χ0n) is 10.6. The first kappa shape index (κ1) is 14.8. The Morgan fingerprint density at radius 3 is 2.58 bits per heavy atom. The zero-order valence-corrected chi connectivity index (χ0v) is 13.1. The van der Waals surface area contributed by atoms with Gasteiger partial charge in [-0.2, -0.15) is 0 Å². The van der Waals surface area contributed by atoms with Crippen molar-refractivity contribution >= 4 is 31.6 Å². The number of hydrogen-bond donors (Lipinski definition) is 2. The number of nitrogens with one attached hydrogen (secondary N) is 1. The Bertz CT molecular complexity index is 568. The predicted octanol–water partition coefficient (Wildman–Crippen LogP) is 1.88. The average molecular weight is 349 g/mol. The lowest BCUT2D eigenvalue weighted by molar-refractivity contribution is 0.0537. The van der Waals surface area contributed by atoms with Crippen molar-refractivity contribution in [2.45, 2.75) is 30.2 Å². The van der Waals surface area contributed by atoms with Crippen LogP contribution in [0.25, 0.3) is 0 Å². The highest BCUT2D eigenvalue weighted by atomic mass is 79.9. The van der Waals surface area contributed by atoms with Crippen molar-refractivity contribution in [1.82, 2.24) is 4.72 Å². The molecule has 1 fully saturated rings. The van der Waals surface area contributed by atoms with Crippen LogP contribution < -0.4 is 10.5 Å². The molecule has 7 heteroatoms. The second-order valence-electron chi connectivity index (χ2n) is 4.96. The van der Waals surface area contributed by atoms with Crippen molar-refractivity contribution in [2.24, 2.45) is 0 Å². The van der Waals surface area contributed by atoms with Crippen molar-refractivity contribution in [2.75, 3.05) is 18.9 Å². The molecule has 19 heavy (non-hydrogen) atoms. The van der Waals surface area contributed by atoms with E-state index in [0.717, 1.165) is 0 Å². The number of hydrogen-bond acceptors (Lipinski definition) is 4. The van der Waals surface area contributed by atoms with E-state index in [1.807, 2.05) is 6.92 Å². The first-order chi connectivity index (χ1) is 8.82. The molecule has 0 atom stereocenters. The molecule has 0 aliphatic carbocycles. The molecular weight excluding hydrogens is 332 g/mol. The topological polar surface area (TPSA) is 81.4 Å². The van der Waals surface area contributed by atoms with Gasteiger partial charge >= 0.3 is 0 Å². The number of nitrogens with two attached hydrogens (primary N) is 1. The highest BCUT2D eigenvalue weighted by Crippen LogP contribution is 2.26. The minimum absolute atomic E-state index is 0.210. The molecule has 1 aromatic carbocycles. The molecular formula is C12H17BrN2O3S. The minimum Gasteiger partial charge on any atom is -0.398 e. The van der Waals surface area contributed by atoms with Crippen molar-refractivity contribution in [3.8, 4) is 0 Å². The highest BCUT2D eigenvalue weighted by molar-refractivity contribution is 9.10. The first-order valence-electron chi connectivity index (χ1n) is 5.99. The van der Waals surface area contributed by atoms with E-state index in [9.17, 15) is 8.42 Å². The van der Waals surface area contributed by atoms with Crippen LogP contribution in [0.15, 0.2) is 27.6 Å². The standard InChI is InChI=1S/C12H17BrN2O3S/c1-12(4-6-18-7-5-12)15-19(16,17)9-2-3-11(14)10(13)8-9/h2-3,8,15H,4-7,14H2,1H3. The summed E-state index contributed by atoms with van der Waals surface area (Å²) in [4.78, 5) is 0.210. The van der Waals surface area contributed by atoms with Gasteiger partial charge in [0.15, 0.2) is 0 Å². The number of anilines is 1. The largest absolute Gasteiger partial charge is 0.398 e. The van der Waals surface area contributed by atoms with Crippen LogP contribution in [0, 0.1) is 0 Å². The Morgan fingerprint density at radius 2 is 2.00 bits per heavy atom. The average Bonchev–Trinajstić information content (AvgIpc) is 2.32. The van der Waals surface area contributed by atoms with Gasteiger partial charge in [-0.05, 0) is 53.9 Å². The van der Waals surface area contributed by atoms with Crippen LogP contribution in [0.3, 0.4) is 0 Å². The summed E-state index contributed by atoms with van der Waals surface area (Å²) in [6.45, 7) is 3.05. The van der Waals surface area contributed by atoms with Crippen LogP contribution in [-0.2, 0) is 14.8 Å². The summed E-state index contributed by atoms with van der Waals surface area (Å²) in [7, 11) is -3.55. The lowest BCUT2D eigenvalue weighted by atomic mass is 9.94. The fourth-order valence-corrected chi connectivity index (χ4v) is 4.00. The Balaban J connectivity index is 2.24. The van der Waals surface area contributed by atoms with Crippen LogP contribution >= 0.6 is 15.9 Å². The maximum Gasteiger partial charge on any atom is 0.241 e. The van der Waals surface area contributed by atoms with Gasteiger partial charge in [0.05, 0.1) is 4.90 Å². The van der Waals surface area contributed by atoms with Gasteiger partial charge in [0.25, 0.3) is 0 Å². The third kappa shape index (κ3) is 3.47. The molecule has 1 heterocycles. The Labute approximate surface area is 121 Å². The van der Waals surface area contributed by atoms with E-state index in [-0.39, 0.29) is 4.90 Å². The molecule has 0 bridgehead atoms. The lowest BCUT2D eigenvalue weighted by Crippen LogP contribution is -2.49. The Kier molecular flexibility index (Phi) is 4.20. The van der Waals surface area contributed by atoms with Crippen molar-refractivity contribution in [3.05, 3.63) is 22.7 Å². The highest BCUT2D eigenvalue weighted by Gasteiger charge is 2.32. The van der Waals surface area contributed by atoms with E-state index in [1.54, 1.807) is 6.07 Å². The summed E-state index contributed by atoms with van der Waals surface area (Å²) >= 11 is 3.24. The van der Waals surface area contributed by atoms with Crippen LogP contribution in [-0.4, -0.2) is 27.2 Å². The minimum atomic E-state index is -3.55. The summed E-state index contributed by atoms with van der Waals surface area (Å²) in [5, 5.41) is 0. The van der Waals surface area contributed by atoms with Gasteiger partial charge in [-0.25, -0.2) is 13.1 Å². The number of nitrogen functional groups attached to an aromatic ring is 1.